The Labute approximate surface area is 165 Å². The van der Waals surface area contributed by atoms with Gasteiger partial charge in [-0.2, -0.15) is 0 Å². The van der Waals surface area contributed by atoms with Gasteiger partial charge in [0.05, 0.1) is 15.7 Å². The van der Waals surface area contributed by atoms with Gasteiger partial charge < -0.3 is 0 Å². The van der Waals surface area contributed by atoms with E-state index in [2.05, 4.69) is 59.5 Å². The van der Waals surface area contributed by atoms with Crippen molar-refractivity contribution in [3.05, 3.63) is 58.6 Å². The number of nitrogens with zero attached hydrogens (tertiary/aromatic N) is 2. The van der Waals surface area contributed by atoms with Crippen LogP contribution in [0.4, 0.5) is 0 Å². The van der Waals surface area contributed by atoms with Crippen LogP contribution in [0, 0.1) is 0 Å². The van der Waals surface area contributed by atoms with Crippen molar-refractivity contribution in [2.45, 2.75) is 51.1 Å². The van der Waals surface area contributed by atoms with Crippen LogP contribution in [-0.2, 0) is 13.0 Å². The first-order chi connectivity index (χ1) is 12.7. The molecular formula is C22H28N2S2. The predicted octanol–water partition coefficient (Wildman–Crippen LogP) is 6.55. The molecule has 4 heteroatoms. The zero-order chi connectivity index (χ0) is 18.5. The number of aryl methyl sites for hydroxylation is 1. The smallest absolute Gasteiger partial charge is 0.0815 e. The summed E-state index contributed by atoms with van der Waals surface area (Å²) >= 11 is 3.55. The first-order valence-electron chi connectivity index (χ1n) is 9.47. The summed E-state index contributed by atoms with van der Waals surface area (Å²) in [6.45, 7) is 8.52. The Hall–Kier alpha value is -1.36. The summed E-state index contributed by atoms with van der Waals surface area (Å²) in [5.74, 6) is 0. The molecule has 1 aliphatic rings. The second kappa shape index (κ2) is 9.03. The van der Waals surface area contributed by atoms with Gasteiger partial charge in [0.15, 0.2) is 0 Å². The van der Waals surface area contributed by atoms with Crippen molar-refractivity contribution >= 4 is 33.3 Å². The molecule has 0 amide bonds. The predicted molar refractivity (Wildman–Crippen MR) is 116 cm³/mol. The van der Waals surface area contributed by atoms with Crippen LogP contribution in [0.5, 0.6) is 0 Å². The minimum Gasteiger partial charge on any atom is -0.292 e. The maximum absolute atomic E-state index is 4.48. The highest BCUT2D eigenvalue weighted by Gasteiger charge is 2.20. The largest absolute Gasteiger partial charge is 0.292 e. The van der Waals surface area contributed by atoms with Crippen molar-refractivity contribution in [1.29, 1.82) is 0 Å². The van der Waals surface area contributed by atoms with Gasteiger partial charge in [-0.15, -0.1) is 23.1 Å². The fraction of sp³-hybridized carbons (Fsp3) is 0.409. The third-order valence-electron chi connectivity index (χ3n) is 5.06. The van der Waals surface area contributed by atoms with Crippen molar-refractivity contribution in [2.75, 3.05) is 12.8 Å². The molecule has 1 atom stereocenters. The van der Waals surface area contributed by atoms with Gasteiger partial charge in [-0.1, -0.05) is 26.0 Å². The zero-order valence-electron chi connectivity index (χ0n) is 16.2. The number of benzene rings is 2. The number of fused-ring (bicyclic) bond motifs is 2. The molecule has 0 N–H and O–H groups in total. The molecule has 0 bridgehead atoms. The van der Waals surface area contributed by atoms with Gasteiger partial charge in [0, 0.05) is 17.5 Å². The average Bonchev–Trinajstić information content (AvgIpc) is 3.06. The second-order valence-electron chi connectivity index (χ2n) is 6.46. The third kappa shape index (κ3) is 4.13. The van der Waals surface area contributed by atoms with E-state index in [9.17, 15) is 0 Å². The van der Waals surface area contributed by atoms with Crippen molar-refractivity contribution in [3.8, 4) is 0 Å². The molecule has 1 aliphatic heterocycles. The van der Waals surface area contributed by atoms with Gasteiger partial charge in [0.2, 0.25) is 0 Å². The summed E-state index contributed by atoms with van der Waals surface area (Å²) < 4.78 is 1.27. The maximum Gasteiger partial charge on any atom is 0.0815 e. The summed E-state index contributed by atoms with van der Waals surface area (Å²) in [7, 11) is 0. The van der Waals surface area contributed by atoms with E-state index in [4.69, 9.17) is 0 Å². The molecule has 2 aromatic carbocycles. The van der Waals surface area contributed by atoms with Crippen molar-refractivity contribution in [2.24, 2.45) is 0 Å². The van der Waals surface area contributed by atoms with Crippen LogP contribution in [0.3, 0.4) is 0 Å². The number of hydrogen-bond acceptors (Lipinski definition) is 4. The minimum atomic E-state index is 0.419. The Balaban J connectivity index is 0.000000948. The fourth-order valence-corrected chi connectivity index (χ4v) is 4.69. The van der Waals surface area contributed by atoms with Gasteiger partial charge in [0.1, 0.15) is 0 Å². The van der Waals surface area contributed by atoms with Gasteiger partial charge >= 0.3 is 0 Å². The molecule has 0 saturated carbocycles. The minimum absolute atomic E-state index is 0.419. The molecular weight excluding hydrogens is 356 g/mol. The van der Waals surface area contributed by atoms with Gasteiger partial charge in [-0.05, 0) is 73.5 Å². The molecule has 3 aromatic rings. The monoisotopic (exact) mass is 384 g/mol. The topological polar surface area (TPSA) is 16.1 Å². The first-order valence-corrected chi connectivity index (χ1v) is 11.6. The molecule has 2 nitrogen and oxygen atoms in total. The quantitative estimate of drug-likeness (QED) is 0.476. The molecule has 0 fully saturated rings. The second-order valence-corrected chi connectivity index (χ2v) is 8.23. The number of hydrogen-bond donors (Lipinski definition) is 0. The number of thioether (sulfide) groups is 1. The van der Waals surface area contributed by atoms with Crippen LogP contribution in [0.2, 0.25) is 0 Å². The van der Waals surface area contributed by atoms with Crippen molar-refractivity contribution < 1.29 is 0 Å². The Bertz CT molecular complexity index is 856. The van der Waals surface area contributed by atoms with Crippen LogP contribution in [0.25, 0.3) is 10.2 Å². The standard InChI is InChI=1S/C20H22N2S2.C2H6/c1-14(15-6-8-20-19(11-15)21-13-24-20)22-9-3-4-16-10-18(23-2)7-5-17(16)12-22;1-2/h5-8,10-11,13-14H,3-4,9,12H2,1-2H3;1-2H3. The van der Waals surface area contributed by atoms with Crippen LogP contribution in [0.15, 0.2) is 46.8 Å². The molecule has 0 spiro atoms. The summed E-state index contributed by atoms with van der Waals surface area (Å²) in [5.41, 5.74) is 7.46. The third-order valence-corrected chi connectivity index (χ3v) is 6.60. The molecule has 0 radical (unpaired) electrons. The van der Waals surface area contributed by atoms with E-state index in [1.165, 1.54) is 39.1 Å². The van der Waals surface area contributed by atoms with E-state index in [1.807, 2.05) is 31.1 Å². The average molecular weight is 385 g/mol. The first kappa shape index (κ1) is 19.4. The number of thiazole rings is 1. The van der Waals surface area contributed by atoms with E-state index in [0.717, 1.165) is 18.6 Å². The lowest BCUT2D eigenvalue weighted by Gasteiger charge is -2.28. The zero-order valence-corrected chi connectivity index (χ0v) is 17.8. The fourth-order valence-electron chi connectivity index (χ4n) is 3.56. The van der Waals surface area contributed by atoms with Crippen molar-refractivity contribution in [1.82, 2.24) is 9.88 Å². The lowest BCUT2D eigenvalue weighted by Crippen LogP contribution is -2.26. The van der Waals surface area contributed by atoms with Gasteiger partial charge in [-0.25, -0.2) is 4.98 Å². The van der Waals surface area contributed by atoms with E-state index >= 15 is 0 Å². The van der Waals surface area contributed by atoms with Gasteiger partial charge in [-0.3, -0.25) is 4.90 Å². The molecule has 4 rings (SSSR count). The molecule has 1 unspecified atom stereocenters. The Morgan fingerprint density at radius 3 is 2.77 bits per heavy atom. The SMILES string of the molecule is CC.CSc1ccc2c(c1)CCCN(C(C)c1ccc3scnc3c1)C2. The van der Waals surface area contributed by atoms with Crippen LogP contribution >= 0.6 is 23.1 Å². The number of aromatic nitrogens is 1. The lowest BCUT2D eigenvalue weighted by molar-refractivity contribution is 0.205. The molecule has 0 aliphatic carbocycles. The van der Waals surface area contributed by atoms with E-state index in [1.54, 1.807) is 11.3 Å². The van der Waals surface area contributed by atoms with E-state index in [0.29, 0.717) is 6.04 Å². The van der Waals surface area contributed by atoms with E-state index < -0.39 is 0 Å². The Morgan fingerprint density at radius 1 is 1.12 bits per heavy atom. The highest BCUT2D eigenvalue weighted by molar-refractivity contribution is 7.98. The lowest BCUT2D eigenvalue weighted by atomic mass is 10.0. The Kier molecular flexibility index (Phi) is 6.74. The molecule has 26 heavy (non-hydrogen) atoms. The summed E-state index contributed by atoms with van der Waals surface area (Å²) in [4.78, 5) is 8.47. The summed E-state index contributed by atoms with van der Waals surface area (Å²) in [6, 6.07) is 14.1. The highest BCUT2D eigenvalue weighted by atomic mass is 32.2. The molecule has 2 heterocycles. The summed E-state index contributed by atoms with van der Waals surface area (Å²) in [5, 5.41) is 0. The van der Waals surface area contributed by atoms with Crippen molar-refractivity contribution in [3.63, 3.8) is 0 Å². The Morgan fingerprint density at radius 2 is 1.96 bits per heavy atom. The van der Waals surface area contributed by atoms with Crippen LogP contribution in [-0.4, -0.2) is 22.7 Å². The molecule has 1 aromatic heterocycles. The summed E-state index contributed by atoms with van der Waals surface area (Å²) in [6.07, 6.45) is 4.58. The highest BCUT2D eigenvalue weighted by Crippen LogP contribution is 2.30. The molecule has 0 saturated heterocycles. The van der Waals surface area contributed by atoms with Crippen LogP contribution in [0.1, 0.15) is 49.9 Å². The maximum atomic E-state index is 4.48. The number of rotatable bonds is 3. The molecule has 138 valence electrons. The van der Waals surface area contributed by atoms with Gasteiger partial charge in [0.25, 0.3) is 0 Å². The van der Waals surface area contributed by atoms with Crippen LogP contribution < -0.4 is 0 Å². The normalized spacial score (nSPS) is 15.7. The van der Waals surface area contributed by atoms with E-state index in [-0.39, 0.29) is 0 Å².